The van der Waals surface area contributed by atoms with E-state index < -0.39 is 23.2 Å². The molecule has 0 aromatic carbocycles. The van der Waals surface area contributed by atoms with Crippen molar-refractivity contribution in [2.45, 2.75) is 13.3 Å². The van der Waals surface area contributed by atoms with Crippen molar-refractivity contribution in [3.63, 3.8) is 0 Å². The number of carbonyl (C=O) groups is 3. The highest BCUT2D eigenvalue weighted by Crippen LogP contribution is 2.12. The molecule has 2 aromatic heterocycles. The number of aromatic carboxylic acids is 1. The quantitative estimate of drug-likeness (QED) is 0.624. The second-order valence-electron chi connectivity index (χ2n) is 3.82. The number of pyridine rings is 1. The van der Waals surface area contributed by atoms with E-state index in [0.717, 1.165) is 0 Å². The van der Waals surface area contributed by atoms with Crippen LogP contribution < -0.4 is 0 Å². The summed E-state index contributed by atoms with van der Waals surface area (Å²) < 4.78 is 1.25. The van der Waals surface area contributed by atoms with Gasteiger partial charge in [0.15, 0.2) is 11.5 Å². The van der Waals surface area contributed by atoms with Gasteiger partial charge in [-0.3, -0.25) is 9.59 Å². The molecular formula is C12H10N4O4. The number of hydrogen-bond acceptors (Lipinski definition) is 6. The van der Waals surface area contributed by atoms with Crippen LogP contribution in [-0.4, -0.2) is 42.4 Å². The molecule has 2 heterocycles. The van der Waals surface area contributed by atoms with Crippen molar-refractivity contribution in [3.05, 3.63) is 36.0 Å². The third kappa shape index (κ3) is 2.44. The van der Waals surface area contributed by atoms with Crippen LogP contribution in [0.1, 0.15) is 34.2 Å². The fraction of sp³-hybridized carbons (Fsp3) is 0.167. The van der Waals surface area contributed by atoms with Gasteiger partial charge in [0.25, 0.3) is 0 Å². The van der Waals surface area contributed by atoms with E-state index >= 15 is 0 Å². The zero-order valence-electron chi connectivity index (χ0n) is 10.5. The highest BCUT2D eigenvalue weighted by Gasteiger charge is 2.23. The molecule has 20 heavy (non-hydrogen) atoms. The van der Waals surface area contributed by atoms with Gasteiger partial charge in [0.05, 0.1) is 5.56 Å². The molecule has 0 saturated heterocycles. The summed E-state index contributed by atoms with van der Waals surface area (Å²) in [6, 6.07) is 2.65. The highest BCUT2D eigenvalue weighted by atomic mass is 16.4. The zero-order valence-corrected chi connectivity index (χ0v) is 10.5. The number of Topliss-reactive ketones (excluding diaryl/α,β-unsaturated/α-hetero) is 2. The Hall–Kier alpha value is -2.90. The van der Waals surface area contributed by atoms with Crippen LogP contribution in [0.2, 0.25) is 0 Å². The number of carboxylic acid groups (broad SMARTS) is 1. The second-order valence-corrected chi connectivity index (χ2v) is 3.82. The van der Waals surface area contributed by atoms with Gasteiger partial charge in [0.2, 0.25) is 11.6 Å². The molecule has 2 rings (SSSR count). The van der Waals surface area contributed by atoms with Crippen LogP contribution in [0.25, 0.3) is 5.82 Å². The molecule has 0 saturated carbocycles. The molecule has 1 N–H and O–H groups in total. The largest absolute Gasteiger partial charge is 0.476 e. The Balaban J connectivity index is 2.52. The van der Waals surface area contributed by atoms with E-state index in [0.29, 0.717) is 0 Å². The van der Waals surface area contributed by atoms with Gasteiger partial charge >= 0.3 is 5.97 Å². The third-order valence-corrected chi connectivity index (χ3v) is 2.56. The second kappa shape index (κ2) is 5.39. The first kappa shape index (κ1) is 13.5. The normalized spacial score (nSPS) is 10.2. The van der Waals surface area contributed by atoms with Crippen molar-refractivity contribution >= 4 is 17.5 Å². The first-order valence-electron chi connectivity index (χ1n) is 5.71. The first-order chi connectivity index (χ1) is 9.54. The predicted octanol–water partition coefficient (Wildman–Crippen LogP) is 0.522. The molecule has 0 amide bonds. The molecular weight excluding hydrogens is 264 g/mol. The summed E-state index contributed by atoms with van der Waals surface area (Å²) in [5, 5.41) is 12.9. The maximum Gasteiger partial charge on any atom is 0.355 e. The molecule has 8 heteroatoms. The average Bonchev–Trinajstić information content (AvgIpc) is 2.99. The number of hydrogen-bond donors (Lipinski definition) is 1. The van der Waals surface area contributed by atoms with Crippen molar-refractivity contribution in [2.75, 3.05) is 0 Å². The standard InChI is InChI=1S/C12H10N4O4/c1-2-8(17)11(18)7-3-4-9(15-10(7)12(19)20)16-6-13-5-14-16/h3-6H,2H2,1H3,(H,19,20). The lowest BCUT2D eigenvalue weighted by atomic mass is 10.0. The summed E-state index contributed by atoms with van der Waals surface area (Å²) in [6.45, 7) is 1.53. The third-order valence-electron chi connectivity index (χ3n) is 2.56. The smallest absolute Gasteiger partial charge is 0.355 e. The number of aromatic nitrogens is 4. The molecule has 0 fully saturated rings. The molecule has 0 radical (unpaired) electrons. The van der Waals surface area contributed by atoms with Crippen LogP contribution in [0.3, 0.4) is 0 Å². The molecule has 0 aliphatic heterocycles. The Morgan fingerprint density at radius 2 is 2.05 bits per heavy atom. The van der Waals surface area contributed by atoms with Gasteiger partial charge in [-0.25, -0.2) is 19.4 Å². The summed E-state index contributed by atoms with van der Waals surface area (Å²) >= 11 is 0. The van der Waals surface area contributed by atoms with Crippen LogP contribution in [0.15, 0.2) is 24.8 Å². The van der Waals surface area contributed by atoms with Crippen LogP contribution >= 0.6 is 0 Å². The van der Waals surface area contributed by atoms with Gasteiger partial charge in [-0.15, -0.1) is 0 Å². The molecule has 102 valence electrons. The molecule has 0 aliphatic carbocycles. The Labute approximate surface area is 113 Å². The number of rotatable bonds is 5. The Bertz CT molecular complexity index is 679. The first-order valence-corrected chi connectivity index (χ1v) is 5.71. The van der Waals surface area contributed by atoms with E-state index in [9.17, 15) is 14.4 Å². The van der Waals surface area contributed by atoms with E-state index in [1.165, 1.54) is 36.4 Å². The fourth-order valence-corrected chi connectivity index (χ4v) is 1.56. The predicted molar refractivity (Wildman–Crippen MR) is 65.7 cm³/mol. The minimum atomic E-state index is -1.39. The summed E-state index contributed by atoms with van der Waals surface area (Å²) in [4.78, 5) is 42.0. The van der Waals surface area contributed by atoms with E-state index in [2.05, 4.69) is 15.1 Å². The fourth-order valence-electron chi connectivity index (χ4n) is 1.56. The summed E-state index contributed by atoms with van der Waals surface area (Å²) in [7, 11) is 0. The molecule has 0 aliphatic rings. The van der Waals surface area contributed by atoms with Crippen LogP contribution in [0, 0.1) is 0 Å². The Morgan fingerprint density at radius 3 is 2.60 bits per heavy atom. The van der Waals surface area contributed by atoms with Crippen LogP contribution in [0.5, 0.6) is 0 Å². The van der Waals surface area contributed by atoms with E-state index in [4.69, 9.17) is 5.11 Å². The average molecular weight is 274 g/mol. The molecule has 0 unspecified atom stereocenters. The minimum Gasteiger partial charge on any atom is -0.476 e. The Morgan fingerprint density at radius 1 is 1.30 bits per heavy atom. The highest BCUT2D eigenvalue weighted by molar-refractivity contribution is 6.44. The summed E-state index contributed by atoms with van der Waals surface area (Å²) in [5.41, 5.74) is -0.710. The van der Waals surface area contributed by atoms with Gasteiger partial charge in [0.1, 0.15) is 12.7 Å². The number of nitrogens with zero attached hydrogens (tertiary/aromatic N) is 4. The van der Waals surface area contributed by atoms with Gasteiger partial charge in [-0.2, -0.15) is 5.10 Å². The molecule has 2 aromatic rings. The van der Waals surface area contributed by atoms with Gasteiger partial charge in [-0.1, -0.05) is 6.92 Å². The van der Waals surface area contributed by atoms with Gasteiger partial charge in [0, 0.05) is 6.42 Å². The van der Waals surface area contributed by atoms with Crippen molar-refractivity contribution in [3.8, 4) is 5.82 Å². The maximum absolute atomic E-state index is 11.8. The number of ketones is 2. The lowest BCUT2D eigenvalue weighted by Gasteiger charge is -2.06. The topological polar surface area (TPSA) is 115 Å². The molecule has 0 atom stereocenters. The van der Waals surface area contributed by atoms with Crippen molar-refractivity contribution < 1.29 is 19.5 Å². The number of carboxylic acids is 1. The Kier molecular flexibility index (Phi) is 3.65. The van der Waals surface area contributed by atoms with Crippen LogP contribution in [-0.2, 0) is 4.79 Å². The lowest BCUT2D eigenvalue weighted by Crippen LogP contribution is -2.19. The van der Waals surface area contributed by atoms with Crippen molar-refractivity contribution in [2.24, 2.45) is 0 Å². The van der Waals surface area contributed by atoms with E-state index in [1.54, 1.807) is 0 Å². The number of carbonyl (C=O) groups excluding carboxylic acids is 2. The summed E-state index contributed by atoms with van der Waals surface area (Å²) in [5.74, 6) is -2.72. The van der Waals surface area contributed by atoms with E-state index in [1.807, 2.05) is 0 Å². The van der Waals surface area contributed by atoms with Crippen LogP contribution in [0.4, 0.5) is 0 Å². The van der Waals surface area contributed by atoms with Crippen molar-refractivity contribution in [1.29, 1.82) is 0 Å². The SMILES string of the molecule is CCC(=O)C(=O)c1ccc(-n2cncn2)nc1C(=O)O. The van der Waals surface area contributed by atoms with Gasteiger partial charge in [-0.05, 0) is 12.1 Å². The van der Waals surface area contributed by atoms with E-state index in [-0.39, 0.29) is 17.8 Å². The monoisotopic (exact) mass is 274 g/mol. The zero-order chi connectivity index (χ0) is 14.7. The molecule has 0 bridgehead atoms. The molecule has 0 spiro atoms. The molecule has 8 nitrogen and oxygen atoms in total. The lowest BCUT2D eigenvalue weighted by molar-refractivity contribution is -0.114. The maximum atomic E-state index is 11.8. The summed E-state index contributed by atoms with van der Waals surface area (Å²) in [6.07, 6.45) is 2.61. The van der Waals surface area contributed by atoms with Gasteiger partial charge < -0.3 is 5.11 Å². The minimum absolute atomic E-state index is 0.00270. The van der Waals surface area contributed by atoms with Crippen molar-refractivity contribution in [1.82, 2.24) is 19.7 Å².